The van der Waals surface area contributed by atoms with Crippen LogP contribution >= 0.6 is 11.6 Å². The van der Waals surface area contributed by atoms with Gasteiger partial charge in [-0.3, -0.25) is 4.79 Å². The van der Waals surface area contributed by atoms with Crippen LogP contribution in [0.25, 0.3) is 11.1 Å². The number of ether oxygens (including phenoxy) is 1. The molecule has 3 N–H and O–H groups in total. The molecule has 0 aliphatic heterocycles. The van der Waals surface area contributed by atoms with E-state index in [0.717, 1.165) is 0 Å². The molecule has 1 aromatic heterocycles. The smallest absolute Gasteiger partial charge is 0.268 e. The van der Waals surface area contributed by atoms with E-state index >= 15 is 0 Å². The van der Waals surface area contributed by atoms with Gasteiger partial charge in [0.1, 0.15) is 29.1 Å². The van der Waals surface area contributed by atoms with Crippen LogP contribution in [-0.4, -0.2) is 11.6 Å². The summed E-state index contributed by atoms with van der Waals surface area (Å²) in [5.74, 6) is -1.35. The van der Waals surface area contributed by atoms with Gasteiger partial charge in [0.15, 0.2) is 11.6 Å². The van der Waals surface area contributed by atoms with E-state index in [2.05, 4.69) is 4.98 Å². The van der Waals surface area contributed by atoms with Crippen LogP contribution in [0.2, 0.25) is 5.02 Å². The number of pyridine rings is 1. The summed E-state index contributed by atoms with van der Waals surface area (Å²) >= 11 is 5.89. The van der Waals surface area contributed by atoms with Crippen LogP contribution in [0.1, 0.15) is 18.1 Å². The molecule has 0 atom stereocenters. The Morgan fingerprint density at radius 1 is 1.35 bits per heavy atom. The quantitative estimate of drug-likeness (QED) is 0.896. The lowest BCUT2D eigenvalue weighted by atomic mass is 9.96. The normalized spacial score (nSPS) is 9.96. The molecule has 0 bridgehead atoms. The summed E-state index contributed by atoms with van der Waals surface area (Å²) in [7, 11) is 0. The third-order valence-corrected chi connectivity index (χ3v) is 3.37. The average Bonchev–Trinajstić information content (AvgIpc) is 2.51. The van der Waals surface area contributed by atoms with Gasteiger partial charge in [-0.15, -0.1) is 0 Å². The number of nitrogens with one attached hydrogen (secondary N) is 1. The van der Waals surface area contributed by atoms with Crippen molar-refractivity contribution in [1.82, 2.24) is 4.98 Å². The Bertz CT molecular complexity index is 925. The van der Waals surface area contributed by atoms with Gasteiger partial charge in [0.25, 0.3) is 5.56 Å². The Hall–Kier alpha value is -3.03. The average molecular weight is 333 g/mol. The Balaban J connectivity index is 2.94. The largest absolute Gasteiger partial charge is 0.489 e. The number of benzene rings is 1. The van der Waals surface area contributed by atoms with Crippen molar-refractivity contribution in [3.05, 3.63) is 44.5 Å². The first-order chi connectivity index (χ1) is 11.0. The van der Waals surface area contributed by atoms with Gasteiger partial charge in [-0.25, -0.2) is 4.39 Å². The molecule has 0 aliphatic rings. The second-order valence-electron chi connectivity index (χ2n) is 4.39. The number of hydrogen-bond donors (Lipinski definition) is 2. The molecule has 8 heteroatoms. The molecule has 6 nitrogen and oxygen atoms in total. The summed E-state index contributed by atoms with van der Waals surface area (Å²) in [6.45, 7) is 1.81. The van der Waals surface area contributed by atoms with Gasteiger partial charge in [0.05, 0.1) is 11.6 Å². The van der Waals surface area contributed by atoms with Gasteiger partial charge in [0.2, 0.25) is 0 Å². The molecule has 0 amide bonds. The first-order valence-electron chi connectivity index (χ1n) is 6.43. The highest BCUT2D eigenvalue weighted by atomic mass is 35.5. The highest BCUT2D eigenvalue weighted by Crippen LogP contribution is 2.37. The number of nitrogens with zero attached hydrogens (tertiary/aromatic N) is 2. The SMILES string of the molecule is CCOc1c(Cl)ccc(-c2c(C#N)c(N)[nH]c(=O)c2C#N)c1F. The van der Waals surface area contributed by atoms with Crippen molar-refractivity contribution in [1.29, 1.82) is 10.5 Å². The van der Waals surface area contributed by atoms with Crippen LogP contribution in [0.15, 0.2) is 16.9 Å². The van der Waals surface area contributed by atoms with E-state index in [1.165, 1.54) is 12.1 Å². The number of hydrogen-bond acceptors (Lipinski definition) is 5. The molecule has 2 aromatic rings. The molecule has 0 fully saturated rings. The van der Waals surface area contributed by atoms with E-state index in [1.54, 1.807) is 19.1 Å². The standard InChI is InChI=1S/C15H10ClFN4O2/c1-2-23-13-10(16)4-3-7(12(13)17)11-8(5-18)14(20)21-15(22)9(11)6-19/h3-4H,2H2,1H3,(H3,20,21,22). The lowest BCUT2D eigenvalue weighted by Crippen LogP contribution is -2.16. The number of anilines is 1. The maximum absolute atomic E-state index is 14.7. The molecule has 1 aromatic carbocycles. The maximum Gasteiger partial charge on any atom is 0.268 e. The lowest BCUT2D eigenvalue weighted by molar-refractivity contribution is 0.322. The van der Waals surface area contributed by atoms with Gasteiger partial charge < -0.3 is 15.5 Å². The van der Waals surface area contributed by atoms with Crippen molar-refractivity contribution in [2.75, 3.05) is 12.3 Å². The van der Waals surface area contributed by atoms with Crippen molar-refractivity contribution in [3.63, 3.8) is 0 Å². The third kappa shape index (κ3) is 2.70. The van der Waals surface area contributed by atoms with Crippen molar-refractivity contribution in [2.45, 2.75) is 6.92 Å². The Morgan fingerprint density at radius 3 is 2.57 bits per heavy atom. The molecule has 0 saturated heterocycles. The van der Waals surface area contributed by atoms with Crippen LogP contribution in [0.3, 0.4) is 0 Å². The summed E-state index contributed by atoms with van der Waals surface area (Å²) in [6, 6.07) is 6.05. The summed E-state index contributed by atoms with van der Waals surface area (Å²) in [6.07, 6.45) is 0. The van der Waals surface area contributed by atoms with Crippen LogP contribution < -0.4 is 16.0 Å². The molecular formula is C15H10ClFN4O2. The maximum atomic E-state index is 14.7. The first-order valence-corrected chi connectivity index (χ1v) is 6.81. The van der Waals surface area contributed by atoms with Crippen molar-refractivity contribution >= 4 is 17.4 Å². The number of nitriles is 2. The number of nitrogens with two attached hydrogens (primary N) is 1. The summed E-state index contributed by atoms with van der Waals surface area (Å²) in [5, 5.41) is 18.5. The molecule has 0 radical (unpaired) electrons. The van der Waals surface area contributed by atoms with Crippen LogP contribution in [0, 0.1) is 28.5 Å². The summed E-state index contributed by atoms with van der Waals surface area (Å²) in [5.41, 5.74) is 3.82. The number of rotatable bonds is 3. The molecule has 0 spiro atoms. The number of halogens is 2. The zero-order chi connectivity index (χ0) is 17.1. The highest BCUT2D eigenvalue weighted by Gasteiger charge is 2.23. The molecule has 116 valence electrons. The Morgan fingerprint density at radius 2 is 2.00 bits per heavy atom. The Labute approximate surface area is 135 Å². The van der Waals surface area contributed by atoms with Crippen LogP contribution in [-0.2, 0) is 0 Å². The van der Waals surface area contributed by atoms with Gasteiger partial charge in [-0.05, 0) is 19.1 Å². The molecular weight excluding hydrogens is 323 g/mol. The van der Waals surface area contributed by atoms with Gasteiger partial charge >= 0.3 is 0 Å². The van der Waals surface area contributed by atoms with Crippen LogP contribution in [0.4, 0.5) is 10.2 Å². The van der Waals surface area contributed by atoms with Gasteiger partial charge in [-0.2, -0.15) is 10.5 Å². The van der Waals surface area contributed by atoms with Gasteiger partial charge in [-0.1, -0.05) is 11.6 Å². The second-order valence-corrected chi connectivity index (χ2v) is 4.79. The van der Waals surface area contributed by atoms with E-state index in [9.17, 15) is 19.7 Å². The van der Waals surface area contributed by atoms with Crippen molar-refractivity contribution in [3.8, 4) is 29.0 Å². The number of aromatic amines is 1. The fourth-order valence-corrected chi connectivity index (χ4v) is 2.32. The fraction of sp³-hybridized carbons (Fsp3) is 0.133. The van der Waals surface area contributed by atoms with Gasteiger partial charge in [0, 0.05) is 11.1 Å². The van der Waals surface area contributed by atoms with E-state index in [1.807, 2.05) is 0 Å². The minimum Gasteiger partial charge on any atom is -0.489 e. The van der Waals surface area contributed by atoms with E-state index in [4.69, 9.17) is 22.1 Å². The zero-order valence-electron chi connectivity index (χ0n) is 11.9. The predicted octanol–water partition coefficient (Wildman–Crippen LogP) is 2.56. The minimum absolute atomic E-state index is 0.0305. The highest BCUT2D eigenvalue weighted by molar-refractivity contribution is 6.32. The molecule has 0 aliphatic carbocycles. The topological polar surface area (TPSA) is 116 Å². The zero-order valence-corrected chi connectivity index (χ0v) is 12.7. The molecule has 1 heterocycles. The number of nitrogen functional groups attached to an aromatic ring is 1. The first kappa shape index (κ1) is 16.3. The fourth-order valence-electron chi connectivity index (χ4n) is 2.11. The van der Waals surface area contributed by atoms with E-state index in [-0.39, 0.29) is 39.9 Å². The van der Waals surface area contributed by atoms with Crippen LogP contribution in [0.5, 0.6) is 5.75 Å². The monoisotopic (exact) mass is 332 g/mol. The predicted molar refractivity (Wildman–Crippen MR) is 82.5 cm³/mol. The molecule has 0 saturated carbocycles. The summed E-state index contributed by atoms with van der Waals surface area (Å²) < 4.78 is 19.9. The van der Waals surface area contributed by atoms with E-state index < -0.39 is 16.9 Å². The summed E-state index contributed by atoms with van der Waals surface area (Å²) in [4.78, 5) is 14.1. The second kappa shape index (κ2) is 6.39. The van der Waals surface area contributed by atoms with Crippen molar-refractivity contribution < 1.29 is 9.13 Å². The molecule has 2 rings (SSSR count). The van der Waals surface area contributed by atoms with E-state index in [0.29, 0.717) is 0 Å². The number of H-pyrrole nitrogens is 1. The molecule has 23 heavy (non-hydrogen) atoms. The lowest BCUT2D eigenvalue weighted by Gasteiger charge is -2.13. The molecule has 0 unspecified atom stereocenters. The Kier molecular flexibility index (Phi) is 4.54. The minimum atomic E-state index is -0.877. The number of aromatic nitrogens is 1. The third-order valence-electron chi connectivity index (χ3n) is 3.08. The van der Waals surface area contributed by atoms with Crippen molar-refractivity contribution in [2.24, 2.45) is 0 Å².